The van der Waals surface area contributed by atoms with Gasteiger partial charge in [0.15, 0.2) is 0 Å². The number of sulfonamides is 1. The van der Waals surface area contributed by atoms with Crippen LogP contribution < -0.4 is 0 Å². The van der Waals surface area contributed by atoms with Crippen molar-refractivity contribution in [1.82, 2.24) is 19.5 Å². The summed E-state index contributed by atoms with van der Waals surface area (Å²) in [7, 11) is -3.34. The number of aromatic amines is 1. The molecule has 1 saturated heterocycles. The molecule has 2 aromatic rings. The van der Waals surface area contributed by atoms with Gasteiger partial charge in [-0.05, 0) is 17.9 Å². The van der Waals surface area contributed by atoms with Crippen LogP contribution in [-0.4, -0.2) is 41.0 Å². The Morgan fingerprint density at radius 2 is 2.39 bits per heavy atom. The number of rotatable bonds is 3. The monoisotopic (exact) mass is 284 g/mol. The van der Waals surface area contributed by atoms with Gasteiger partial charge in [-0.15, -0.1) is 0 Å². The van der Waals surface area contributed by atoms with Crippen molar-refractivity contribution in [2.24, 2.45) is 0 Å². The first kappa shape index (κ1) is 11.8. The van der Waals surface area contributed by atoms with Gasteiger partial charge in [0.2, 0.25) is 10.0 Å². The Kier molecular flexibility index (Phi) is 2.92. The smallest absolute Gasteiger partial charge is 0.243 e. The van der Waals surface area contributed by atoms with Crippen molar-refractivity contribution in [3.63, 3.8) is 0 Å². The van der Waals surface area contributed by atoms with E-state index in [1.165, 1.54) is 22.0 Å². The number of nitrogens with one attached hydrogen (secondary N) is 1. The lowest BCUT2D eigenvalue weighted by molar-refractivity contribution is 0.471. The van der Waals surface area contributed by atoms with Crippen LogP contribution in [0.5, 0.6) is 0 Å². The Hall–Kier alpha value is -1.25. The van der Waals surface area contributed by atoms with Crippen LogP contribution in [0.25, 0.3) is 0 Å². The zero-order valence-electron chi connectivity index (χ0n) is 9.48. The number of thiophene rings is 1. The molecule has 1 N–H and O–H groups in total. The first-order valence-electron chi connectivity index (χ1n) is 5.55. The fourth-order valence-corrected chi connectivity index (χ4v) is 4.64. The summed E-state index contributed by atoms with van der Waals surface area (Å²) in [6.07, 6.45) is 2.23. The van der Waals surface area contributed by atoms with E-state index in [0.717, 1.165) is 12.2 Å². The molecule has 2 aromatic heterocycles. The summed E-state index contributed by atoms with van der Waals surface area (Å²) in [5, 5.41) is 10.0. The fraction of sp³-hybridized carbons (Fsp3) is 0.400. The lowest BCUT2D eigenvalue weighted by Gasteiger charge is -2.14. The lowest BCUT2D eigenvalue weighted by atomic mass is 10.1. The molecule has 0 saturated carbocycles. The molecule has 0 spiro atoms. The van der Waals surface area contributed by atoms with E-state index in [9.17, 15) is 8.42 Å². The zero-order chi connectivity index (χ0) is 12.6. The first-order chi connectivity index (χ1) is 8.68. The van der Waals surface area contributed by atoms with Crippen LogP contribution >= 0.6 is 11.3 Å². The Labute approximate surface area is 109 Å². The summed E-state index contributed by atoms with van der Waals surface area (Å²) in [5.74, 6) is 0.874. The second-order valence-electron chi connectivity index (χ2n) is 4.18. The minimum absolute atomic E-state index is 0.112. The molecule has 1 unspecified atom stereocenters. The standard InChI is InChI=1S/C10H12N4O2S2/c15-18(16,9-2-4-17-6-9)14-3-1-8(5-14)10-11-7-12-13-10/h2,4,6-8H,1,3,5H2,(H,11,12,13). The van der Waals surface area contributed by atoms with Crippen molar-refractivity contribution < 1.29 is 8.42 Å². The van der Waals surface area contributed by atoms with Crippen molar-refractivity contribution in [3.8, 4) is 0 Å². The SMILES string of the molecule is O=S(=O)(c1ccsc1)N1CCC(c2ncn[nH]2)C1. The largest absolute Gasteiger partial charge is 0.263 e. The summed E-state index contributed by atoms with van der Waals surface area (Å²) >= 11 is 1.39. The maximum absolute atomic E-state index is 12.3. The number of hydrogen-bond donors (Lipinski definition) is 1. The quantitative estimate of drug-likeness (QED) is 0.913. The van der Waals surface area contributed by atoms with Crippen molar-refractivity contribution >= 4 is 21.4 Å². The van der Waals surface area contributed by atoms with Gasteiger partial charge in [-0.2, -0.15) is 20.7 Å². The van der Waals surface area contributed by atoms with Crippen molar-refractivity contribution in [2.75, 3.05) is 13.1 Å². The molecule has 0 bridgehead atoms. The third kappa shape index (κ3) is 1.96. The Morgan fingerprint density at radius 3 is 3.06 bits per heavy atom. The normalized spacial score (nSPS) is 21.4. The first-order valence-corrected chi connectivity index (χ1v) is 7.94. The van der Waals surface area contributed by atoms with Crippen LogP contribution in [0.15, 0.2) is 28.0 Å². The second-order valence-corrected chi connectivity index (χ2v) is 6.90. The number of aromatic nitrogens is 3. The summed E-state index contributed by atoms with van der Waals surface area (Å²) in [6, 6.07) is 1.64. The van der Waals surface area contributed by atoms with E-state index < -0.39 is 10.0 Å². The highest BCUT2D eigenvalue weighted by atomic mass is 32.2. The molecular weight excluding hydrogens is 272 g/mol. The van der Waals surface area contributed by atoms with E-state index in [-0.39, 0.29) is 5.92 Å². The van der Waals surface area contributed by atoms with Gasteiger partial charge in [0.25, 0.3) is 0 Å². The molecule has 0 aromatic carbocycles. The maximum atomic E-state index is 12.3. The van der Waals surface area contributed by atoms with Crippen LogP contribution in [0.2, 0.25) is 0 Å². The molecule has 0 amide bonds. The van der Waals surface area contributed by atoms with Crippen LogP contribution in [0, 0.1) is 0 Å². The predicted octanol–water partition coefficient (Wildman–Crippen LogP) is 1.04. The van der Waals surface area contributed by atoms with E-state index in [1.54, 1.807) is 16.8 Å². The number of nitrogens with zero attached hydrogens (tertiary/aromatic N) is 3. The summed E-state index contributed by atoms with van der Waals surface area (Å²) in [5.41, 5.74) is 0. The molecule has 1 aliphatic rings. The zero-order valence-corrected chi connectivity index (χ0v) is 11.1. The third-order valence-electron chi connectivity index (χ3n) is 3.10. The van der Waals surface area contributed by atoms with Gasteiger partial charge in [-0.1, -0.05) is 0 Å². The highest BCUT2D eigenvalue weighted by Crippen LogP contribution is 2.29. The molecule has 1 atom stereocenters. The highest BCUT2D eigenvalue weighted by Gasteiger charge is 2.34. The molecule has 8 heteroatoms. The number of hydrogen-bond acceptors (Lipinski definition) is 5. The number of H-pyrrole nitrogens is 1. The van der Waals surface area contributed by atoms with Crippen LogP contribution in [0.1, 0.15) is 18.2 Å². The molecule has 0 radical (unpaired) electrons. The molecule has 3 rings (SSSR count). The van der Waals surface area contributed by atoms with E-state index in [2.05, 4.69) is 15.2 Å². The summed E-state index contributed by atoms with van der Waals surface area (Å²) < 4.78 is 26.1. The Balaban J connectivity index is 1.80. The molecule has 96 valence electrons. The Bertz CT molecular complexity index is 606. The molecular formula is C10H12N4O2S2. The predicted molar refractivity (Wildman–Crippen MR) is 66.8 cm³/mol. The van der Waals surface area contributed by atoms with Gasteiger partial charge < -0.3 is 0 Å². The summed E-state index contributed by atoms with van der Waals surface area (Å²) in [4.78, 5) is 4.47. The lowest BCUT2D eigenvalue weighted by Crippen LogP contribution is -2.28. The molecule has 6 nitrogen and oxygen atoms in total. The van der Waals surface area contributed by atoms with Crippen molar-refractivity contribution in [1.29, 1.82) is 0 Å². The molecule has 18 heavy (non-hydrogen) atoms. The van der Waals surface area contributed by atoms with Gasteiger partial charge >= 0.3 is 0 Å². The molecule has 1 fully saturated rings. The average molecular weight is 284 g/mol. The van der Waals surface area contributed by atoms with Crippen LogP contribution in [0.3, 0.4) is 0 Å². The highest BCUT2D eigenvalue weighted by molar-refractivity contribution is 7.89. The minimum Gasteiger partial charge on any atom is -0.263 e. The second kappa shape index (κ2) is 4.45. The topological polar surface area (TPSA) is 79.0 Å². The van der Waals surface area contributed by atoms with Crippen LogP contribution in [0.4, 0.5) is 0 Å². The van der Waals surface area contributed by atoms with Crippen molar-refractivity contribution in [2.45, 2.75) is 17.2 Å². The molecule has 3 heterocycles. The summed E-state index contributed by atoms with van der Waals surface area (Å²) in [6.45, 7) is 0.997. The van der Waals surface area contributed by atoms with Gasteiger partial charge in [0.05, 0.1) is 4.90 Å². The van der Waals surface area contributed by atoms with Crippen LogP contribution in [-0.2, 0) is 10.0 Å². The Morgan fingerprint density at radius 1 is 1.50 bits per heavy atom. The van der Waals surface area contributed by atoms with Gasteiger partial charge in [-0.3, -0.25) is 5.10 Å². The maximum Gasteiger partial charge on any atom is 0.243 e. The third-order valence-corrected chi connectivity index (χ3v) is 5.80. The van der Waals surface area contributed by atoms with Crippen molar-refractivity contribution in [3.05, 3.63) is 29.0 Å². The van der Waals surface area contributed by atoms with E-state index in [4.69, 9.17) is 0 Å². The fourth-order valence-electron chi connectivity index (χ4n) is 2.13. The molecule has 0 aliphatic carbocycles. The van der Waals surface area contributed by atoms with E-state index in [1.807, 2.05) is 0 Å². The van der Waals surface area contributed by atoms with Gasteiger partial charge in [-0.25, -0.2) is 13.4 Å². The minimum atomic E-state index is -3.34. The molecule has 1 aliphatic heterocycles. The average Bonchev–Trinajstić information content (AvgIpc) is 3.12. The van der Waals surface area contributed by atoms with E-state index in [0.29, 0.717) is 18.0 Å². The van der Waals surface area contributed by atoms with Gasteiger partial charge in [0, 0.05) is 24.4 Å². The van der Waals surface area contributed by atoms with Gasteiger partial charge in [0.1, 0.15) is 12.2 Å². The van der Waals surface area contributed by atoms with E-state index >= 15 is 0 Å².